The summed E-state index contributed by atoms with van der Waals surface area (Å²) in [5.41, 5.74) is 0.818. The number of rotatable bonds is 0. The molecule has 48 valence electrons. The Morgan fingerprint density at radius 1 is 1.67 bits per heavy atom. The van der Waals surface area contributed by atoms with Gasteiger partial charge in [-0.25, -0.2) is 4.99 Å². The van der Waals surface area contributed by atoms with Crippen molar-refractivity contribution in [1.82, 2.24) is 0 Å². The van der Waals surface area contributed by atoms with Gasteiger partial charge < -0.3 is 0 Å². The number of nitrogens with one attached hydrogen (secondary N) is 1. The molecule has 3 nitrogen and oxygen atoms in total. The summed E-state index contributed by atoms with van der Waals surface area (Å²) >= 11 is 0. The summed E-state index contributed by atoms with van der Waals surface area (Å²) in [5, 5.41) is 7.22. The second-order valence-corrected chi connectivity index (χ2v) is 2.09. The second-order valence-electron chi connectivity index (χ2n) is 2.09. The summed E-state index contributed by atoms with van der Waals surface area (Å²) in [6.07, 6.45) is 1.70. The van der Waals surface area contributed by atoms with Crippen LogP contribution >= 0.6 is 0 Å². The van der Waals surface area contributed by atoms with Crippen molar-refractivity contribution in [2.24, 2.45) is 9.98 Å². The molecule has 1 heterocycles. The molecule has 1 rings (SSSR count). The number of aliphatic imine (C=N–C) groups is 2. The summed E-state index contributed by atoms with van der Waals surface area (Å²) in [6, 6.07) is -0.0475. The molecule has 0 aromatic carbocycles. The van der Waals surface area contributed by atoms with E-state index in [2.05, 4.69) is 9.98 Å². The summed E-state index contributed by atoms with van der Waals surface area (Å²) in [4.78, 5) is 7.93. The molecule has 0 fully saturated rings. The molecule has 0 aromatic heterocycles. The van der Waals surface area contributed by atoms with Gasteiger partial charge in [0.2, 0.25) is 0 Å². The highest BCUT2D eigenvalue weighted by Crippen LogP contribution is 1.97. The van der Waals surface area contributed by atoms with Gasteiger partial charge in [0.15, 0.2) is 0 Å². The molecule has 1 aliphatic rings. The van der Waals surface area contributed by atoms with Crippen molar-refractivity contribution in [3.05, 3.63) is 0 Å². The minimum Gasteiger partial charge on any atom is -0.285 e. The Kier molecular flexibility index (Phi) is 1.42. The Morgan fingerprint density at radius 3 is 2.78 bits per heavy atom. The third-order valence-electron chi connectivity index (χ3n) is 1.18. The van der Waals surface area contributed by atoms with Crippen LogP contribution in [0.1, 0.15) is 13.8 Å². The lowest BCUT2D eigenvalue weighted by atomic mass is 10.3. The van der Waals surface area contributed by atoms with Crippen molar-refractivity contribution in [2.45, 2.75) is 19.9 Å². The van der Waals surface area contributed by atoms with E-state index in [9.17, 15) is 0 Å². The van der Waals surface area contributed by atoms with Crippen LogP contribution in [0.3, 0.4) is 0 Å². The van der Waals surface area contributed by atoms with Gasteiger partial charge >= 0.3 is 0 Å². The highest BCUT2D eigenvalue weighted by Gasteiger charge is 2.08. The van der Waals surface area contributed by atoms with Gasteiger partial charge in [0.25, 0.3) is 0 Å². The highest BCUT2D eigenvalue weighted by molar-refractivity contribution is 6.33. The number of nitrogens with zero attached hydrogens (tertiary/aromatic N) is 2. The number of hydrogen-bond donors (Lipinski definition) is 1. The fraction of sp³-hybridized carbons (Fsp3) is 0.500. The topological polar surface area (TPSA) is 48.6 Å². The van der Waals surface area contributed by atoms with Crippen LogP contribution in [0.15, 0.2) is 9.98 Å². The zero-order valence-corrected chi connectivity index (χ0v) is 5.55. The van der Waals surface area contributed by atoms with E-state index in [1.54, 1.807) is 6.21 Å². The standard InChI is InChI=1S/C6H9N3/c1-4-3-8-5(2)6(7)9-4/h3,5,7H,1-2H3. The van der Waals surface area contributed by atoms with E-state index in [-0.39, 0.29) is 6.04 Å². The van der Waals surface area contributed by atoms with Crippen molar-refractivity contribution in [3.8, 4) is 0 Å². The van der Waals surface area contributed by atoms with E-state index in [1.807, 2.05) is 13.8 Å². The van der Waals surface area contributed by atoms with Crippen LogP contribution in [0.25, 0.3) is 0 Å². The van der Waals surface area contributed by atoms with Gasteiger partial charge in [-0.05, 0) is 13.8 Å². The Bertz CT molecular complexity index is 190. The Labute approximate surface area is 54.0 Å². The first-order valence-corrected chi connectivity index (χ1v) is 2.87. The van der Waals surface area contributed by atoms with E-state index in [1.165, 1.54) is 0 Å². The molecule has 0 saturated heterocycles. The fourth-order valence-corrected chi connectivity index (χ4v) is 0.603. The second kappa shape index (κ2) is 2.09. The maximum absolute atomic E-state index is 7.22. The molecule has 0 saturated carbocycles. The number of hydrogen-bond acceptors (Lipinski definition) is 2. The predicted molar refractivity (Wildman–Crippen MR) is 38.8 cm³/mol. The van der Waals surface area contributed by atoms with Crippen LogP contribution in [0.4, 0.5) is 0 Å². The molecule has 9 heavy (non-hydrogen) atoms. The van der Waals surface area contributed by atoms with Crippen LogP contribution in [0, 0.1) is 5.41 Å². The highest BCUT2D eigenvalue weighted by atomic mass is 15.0. The molecule has 0 aliphatic carbocycles. The summed E-state index contributed by atoms with van der Waals surface area (Å²) in [5.74, 6) is 0.356. The largest absolute Gasteiger partial charge is 0.285 e. The first-order valence-electron chi connectivity index (χ1n) is 2.87. The van der Waals surface area contributed by atoms with Crippen molar-refractivity contribution in [2.75, 3.05) is 0 Å². The average molecular weight is 123 g/mol. The van der Waals surface area contributed by atoms with E-state index < -0.39 is 0 Å². The molecule has 0 aromatic rings. The van der Waals surface area contributed by atoms with Crippen molar-refractivity contribution in [1.29, 1.82) is 5.41 Å². The lowest BCUT2D eigenvalue weighted by Gasteiger charge is -2.07. The normalized spacial score (nSPS) is 26.2. The van der Waals surface area contributed by atoms with Gasteiger partial charge in [0, 0.05) is 6.21 Å². The van der Waals surface area contributed by atoms with E-state index in [0.717, 1.165) is 5.71 Å². The van der Waals surface area contributed by atoms with Gasteiger partial charge in [0.05, 0.1) is 5.71 Å². The molecule has 0 radical (unpaired) electrons. The molecular formula is C6H9N3. The Hall–Kier alpha value is -0.990. The SMILES string of the molecule is CC1=NC(=N)C(C)N=C1. The van der Waals surface area contributed by atoms with Gasteiger partial charge in [-0.3, -0.25) is 10.4 Å². The van der Waals surface area contributed by atoms with Crippen LogP contribution in [0.2, 0.25) is 0 Å². The van der Waals surface area contributed by atoms with Crippen molar-refractivity contribution in [3.63, 3.8) is 0 Å². The zero-order chi connectivity index (χ0) is 6.85. The molecule has 3 heteroatoms. The smallest absolute Gasteiger partial charge is 0.145 e. The number of amidine groups is 1. The molecule has 1 N–H and O–H groups in total. The Morgan fingerprint density at radius 2 is 2.33 bits per heavy atom. The van der Waals surface area contributed by atoms with Crippen molar-refractivity contribution < 1.29 is 0 Å². The lowest BCUT2D eigenvalue weighted by Crippen LogP contribution is -2.18. The zero-order valence-electron chi connectivity index (χ0n) is 5.55. The van der Waals surface area contributed by atoms with Crippen LogP contribution in [-0.2, 0) is 0 Å². The van der Waals surface area contributed by atoms with Gasteiger partial charge in [-0.15, -0.1) is 0 Å². The lowest BCUT2D eigenvalue weighted by molar-refractivity contribution is 0.952. The minimum absolute atomic E-state index is 0.0475. The summed E-state index contributed by atoms with van der Waals surface area (Å²) in [6.45, 7) is 3.69. The first kappa shape index (κ1) is 6.13. The van der Waals surface area contributed by atoms with Crippen LogP contribution in [0.5, 0.6) is 0 Å². The Balaban J connectivity index is 2.82. The molecule has 0 amide bonds. The van der Waals surface area contributed by atoms with Gasteiger partial charge in [-0.2, -0.15) is 0 Å². The van der Waals surface area contributed by atoms with Crippen LogP contribution < -0.4 is 0 Å². The van der Waals surface area contributed by atoms with Crippen LogP contribution in [-0.4, -0.2) is 23.8 Å². The van der Waals surface area contributed by atoms with Gasteiger partial charge in [-0.1, -0.05) is 0 Å². The maximum atomic E-state index is 7.22. The maximum Gasteiger partial charge on any atom is 0.145 e. The first-order chi connectivity index (χ1) is 4.20. The van der Waals surface area contributed by atoms with E-state index in [4.69, 9.17) is 5.41 Å². The van der Waals surface area contributed by atoms with Crippen molar-refractivity contribution >= 4 is 17.8 Å². The molecule has 1 aliphatic heterocycles. The summed E-state index contributed by atoms with van der Waals surface area (Å²) in [7, 11) is 0. The molecule has 1 atom stereocenters. The van der Waals surface area contributed by atoms with E-state index >= 15 is 0 Å². The molecule has 0 spiro atoms. The van der Waals surface area contributed by atoms with E-state index in [0.29, 0.717) is 5.84 Å². The molecule has 1 unspecified atom stereocenters. The van der Waals surface area contributed by atoms with Gasteiger partial charge in [0.1, 0.15) is 11.9 Å². The average Bonchev–Trinajstić information content (AvgIpc) is 1.80. The fourth-order valence-electron chi connectivity index (χ4n) is 0.603. The molecular weight excluding hydrogens is 114 g/mol. The minimum atomic E-state index is -0.0475. The quantitative estimate of drug-likeness (QED) is 0.497. The molecule has 0 bridgehead atoms. The predicted octanol–water partition coefficient (Wildman–Crippen LogP) is 0.897. The summed E-state index contributed by atoms with van der Waals surface area (Å²) < 4.78 is 0. The third-order valence-corrected chi connectivity index (χ3v) is 1.18. The third kappa shape index (κ3) is 1.22. The monoisotopic (exact) mass is 123 g/mol.